The van der Waals surface area contributed by atoms with Crippen LogP contribution in [0.1, 0.15) is 95.0 Å². The molecule has 51 heavy (non-hydrogen) atoms. The van der Waals surface area contributed by atoms with Crippen LogP contribution in [-0.4, -0.2) is 48.4 Å². The van der Waals surface area contributed by atoms with E-state index in [4.69, 9.17) is 14.2 Å². The number of nitrogens with one attached hydrogen (secondary N) is 1. The Morgan fingerprint density at radius 3 is 2.12 bits per heavy atom. The van der Waals surface area contributed by atoms with Crippen LogP contribution in [0.3, 0.4) is 0 Å². The van der Waals surface area contributed by atoms with Gasteiger partial charge in [0, 0.05) is 30.1 Å². The van der Waals surface area contributed by atoms with E-state index >= 15 is 0 Å². The predicted molar refractivity (Wildman–Crippen MR) is 211 cm³/mol. The highest BCUT2D eigenvalue weighted by molar-refractivity contribution is 5.67. The van der Waals surface area contributed by atoms with Gasteiger partial charge in [-0.15, -0.1) is 0 Å². The predicted octanol–water partition coefficient (Wildman–Crippen LogP) is 10.5. The lowest BCUT2D eigenvalue weighted by Gasteiger charge is -2.32. The van der Waals surface area contributed by atoms with Crippen molar-refractivity contribution in [3.63, 3.8) is 0 Å². The van der Waals surface area contributed by atoms with Crippen molar-refractivity contribution in [2.45, 2.75) is 97.9 Å². The minimum Gasteiger partial charge on any atom is -0.493 e. The van der Waals surface area contributed by atoms with Crippen molar-refractivity contribution >= 4 is 12.2 Å². The molecule has 0 heterocycles. The standard InChI is InChI=1S/C45H58N2O4/c1-34(2)47(35(3)4)30-28-41(39-19-12-9-13-20-39)42-32-37(23-26-43(42)50-33-38-17-10-8-11-18-38)16-14-15-31-49-40-24-21-36(22-25-40)27-29-46-44(48)51-45(5,6)7/h8-14,16-26,32,34-35,41H,15,27-31,33H2,1-7H3,(H,46,48)/t41-/m1/s1. The van der Waals surface area contributed by atoms with E-state index in [0.717, 1.165) is 54.0 Å². The van der Waals surface area contributed by atoms with Gasteiger partial charge in [-0.25, -0.2) is 4.79 Å². The Hall–Kier alpha value is -4.55. The summed E-state index contributed by atoms with van der Waals surface area (Å²) in [6.07, 6.45) is 6.46. The molecule has 272 valence electrons. The third-order valence-electron chi connectivity index (χ3n) is 8.72. The first kappa shape index (κ1) is 39.2. The molecule has 0 aliphatic heterocycles. The number of hydrogen-bond donors (Lipinski definition) is 1. The van der Waals surface area contributed by atoms with Crippen molar-refractivity contribution < 1.29 is 19.0 Å². The maximum atomic E-state index is 11.9. The summed E-state index contributed by atoms with van der Waals surface area (Å²) in [6, 6.07) is 36.8. The lowest BCUT2D eigenvalue weighted by atomic mass is 9.86. The summed E-state index contributed by atoms with van der Waals surface area (Å²) in [4.78, 5) is 14.5. The van der Waals surface area contributed by atoms with E-state index in [-0.39, 0.29) is 5.92 Å². The SMILES string of the molecule is CC(C)N(CC[C@H](c1ccccc1)c1cc(C=CCCOc2ccc(CCNC(=O)OC(C)(C)C)cc2)ccc1OCc1ccccc1)C(C)C. The summed E-state index contributed by atoms with van der Waals surface area (Å²) in [5.74, 6) is 1.94. The molecule has 0 radical (unpaired) electrons. The highest BCUT2D eigenvalue weighted by atomic mass is 16.6. The van der Waals surface area contributed by atoms with Gasteiger partial charge in [-0.05, 0) is 121 Å². The van der Waals surface area contributed by atoms with E-state index < -0.39 is 11.7 Å². The molecule has 4 aromatic carbocycles. The molecule has 0 saturated carbocycles. The Bertz CT molecular complexity index is 1620. The molecule has 0 fully saturated rings. The zero-order valence-electron chi connectivity index (χ0n) is 31.7. The molecular weight excluding hydrogens is 633 g/mol. The fraction of sp³-hybridized carbons (Fsp3) is 0.400. The van der Waals surface area contributed by atoms with Crippen LogP contribution in [0.15, 0.2) is 109 Å². The van der Waals surface area contributed by atoms with E-state index in [9.17, 15) is 4.79 Å². The second-order valence-corrected chi connectivity index (χ2v) is 14.6. The van der Waals surface area contributed by atoms with Gasteiger partial charge in [0.05, 0.1) is 6.61 Å². The number of carbonyl (C=O) groups excluding carboxylic acids is 1. The molecule has 4 rings (SSSR count). The monoisotopic (exact) mass is 690 g/mol. The van der Waals surface area contributed by atoms with Crippen molar-refractivity contribution in [3.05, 3.63) is 137 Å². The van der Waals surface area contributed by atoms with Gasteiger partial charge < -0.3 is 19.5 Å². The molecule has 4 aromatic rings. The van der Waals surface area contributed by atoms with Crippen molar-refractivity contribution in [1.82, 2.24) is 10.2 Å². The first-order valence-corrected chi connectivity index (χ1v) is 18.4. The van der Waals surface area contributed by atoms with Gasteiger partial charge in [-0.1, -0.05) is 91.0 Å². The third-order valence-corrected chi connectivity index (χ3v) is 8.72. The molecule has 0 bridgehead atoms. The molecule has 0 unspecified atom stereocenters. The number of carbonyl (C=O) groups is 1. The lowest BCUT2D eigenvalue weighted by Crippen LogP contribution is -2.38. The second kappa shape index (κ2) is 19.7. The number of benzene rings is 4. The van der Waals surface area contributed by atoms with E-state index in [1.165, 1.54) is 11.1 Å². The zero-order chi connectivity index (χ0) is 36.6. The Balaban J connectivity index is 1.42. The Morgan fingerprint density at radius 1 is 0.804 bits per heavy atom. The third kappa shape index (κ3) is 13.6. The maximum Gasteiger partial charge on any atom is 0.407 e. The van der Waals surface area contributed by atoms with Crippen molar-refractivity contribution in [2.75, 3.05) is 19.7 Å². The number of alkyl carbamates (subject to hydrolysis) is 1. The first-order chi connectivity index (χ1) is 24.5. The van der Waals surface area contributed by atoms with Gasteiger partial charge in [0.15, 0.2) is 0 Å². The average Bonchev–Trinajstić information content (AvgIpc) is 3.10. The zero-order valence-corrected chi connectivity index (χ0v) is 31.7. The van der Waals surface area contributed by atoms with Crippen LogP contribution in [0.5, 0.6) is 11.5 Å². The Kier molecular flexibility index (Phi) is 15.2. The van der Waals surface area contributed by atoms with Gasteiger partial charge in [0.2, 0.25) is 0 Å². The molecule has 0 aromatic heterocycles. The number of ether oxygens (including phenoxy) is 3. The first-order valence-electron chi connectivity index (χ1n) is 18.4. The van der Waals surface area contributed by atoms with Crippen molar-refractivity contribution in [3.8, 4) is 11.5 Å². The normalized spacial score (nSPS) is 12.4. The topological polar surface area (TPSA) is 60.0 Å². The van der Waals surface area contributed by atoms with Gasteiger partial charge in [0.25, 0.3) is 0 Å². The van der Waals surface area contributed by atoms with E-state index in [1.807, 2.05) is 51.1 Å². The molecular formula is C45H58N2O4. The van der Waals surface area contributed by atoms with Crippen LogP contribution in [-0.2, 0) is 17.8 Å². The van der Waals surface area contributed by atoms with Crippen molar-refractivity contribution in [2.24, 2.45) is 0 Å². The minimum atomic E-state index is -0.502. The second-order valence-electron chi connectivity index (χ2n) is 14.6. The molecule has 0 spiro atoms. The number of nitrogens with zero attached hydrogens (tertiary/aromatic N) is 1. The maximum absolute atomic E-state index is 11.9. The Labute approximate surface area is 306 Å². The fourth-order valence-corrected chi connectivity index (χ4v) is 6.23. The molecule has 0 aliphatic rings. The van der Waals surface area contributed by atoms with Gasteiger partial charge >= 0.3 is 6.09 Å². The van der Waals surface area contributed by atoms with Crippen molar-refractivity contribution in [1.29, 1.82) is 0 Å². The molecule has 1 amide bonds. The number of rotatable bonds is 18. The van der Waals surface area contributed by atoms with Gasteiger partial charge in [-0.3, -0.25) is 4.90 Å². The molecule has 6 nitrogen and oxygen atoms in total. The molecule has 6 heteroatoms. The highest BCUT2D eigenvalue weighted by Gasteiger charge is 2.22. The summed E-state index contributed by atoms with van der Waals surface area (Å²) in [7, 11) is 0. The van der Waals surface area contributed by atoms with Gasteiger partial charge in [-0.2, -0.15) is 0 Å². The largest absolute Gasteiger partial charge is 0.493 e. The molecule has 0 saturated heterocycles. The highest BCUT2D eigenvalue weighted by Crippen LogP contribution is 2.36. The van der Waals surface area contributed by atoms with Crippen LogP contribution in [0, 0.1) is 0 Å². The van der Waals surface area contributed by atoms with Gasteiger partial charge in [0.1, 0.15) is 23.7 Å². The Morgan fingerprint density at radius 2 is 1.47 bits per heavy atom. The minimum absolute atomic E-state index is 0.185. The molecule has 0 aliphatic carbocycles. The lowest BCUT2D eigenvalue weighted by molar-refractivity contribution is 0.0528. The summed E-state index contributed by atoms with van der Waals surface area (Å²) >= 11 is 0. The smallest absolute Gasteiger partial charge is 0.407 e. The number of hydrogen-bond acceptors (Lipinski definition) is 5. The molecule has 1 N–H and O–H groups in total. The fourth-order valence-electron chi connectivity index (χ4n) is 6.23. The summed E-state index contributed by atoms with van der Waals surface area (Å²) < 4.78 is 17.9. The quantitative estimate of drug-likeness (QED) is 0.105. The van der Waals surface area contributed by atoms with Crippen LogP contribution in [0.4, 0.5) is 4.79 Å². The summed E-state index contributed by atoms with van der Waals surface area (Å²) in [5.41, 5.74) is 5.43. The average molecular weight is 691 g/mol. The summed E-state index contributed by atoms with van der Waals surface area (Å²) in [5, 5.41) is 2.81. The number of amides is 1. The van der Waals surface area contributed by atoms with Crippen LogP contribution >= 0.6 is 0 Å². The van der Waals surface area contributed by atoms with E-state index in [2.05, 4.69) is 123 Å². The van der Waals surface area contributed by atoms with E-state index in [0.29, 0.717) is 31.8 Å². The van der Waals surface area contributed by atoms with Crippen LogP contribution < -0.4 is 14.8 Å². The van der Waals surface area contributed by atoms with Crippen LogP contribution in [0.25, 0.3) is 6.08 Å². The van der Waals surface area contributed by atoms with Crippen LogP contribution in [0.2, 0.25) is 0 Å². The summed E-state index contributed by atoms with van der Waals surface area (Å²) in [6.45, 7) is 17.3. The molecule has 1 atom stereocenters. The van der Waals surface area contributed by atoms with E-state index in [1.54, 1.807) is 0 Å².